The summed E-state index contributed by atoms with van der Waals surface area (Å²) in [4.78, 5) is 0. The number of hydrogen-bond donors (Lipinski definition) is 0. The molecular formula is C20H24O3S. The van der Waals surface area contributed by atoms with E-state index in [9.17, 15) is 0 Å². The summed E-state index contributed by atoms with van der Waals surface area (Å²) in [6.45, 7) is 2.96. The molecule has 0 radical (unpaired) electrons. The van der Waals surface area contributed by atoms with Gasteiger partial charge in [0, 0.05) is 5.56 Å². The van der Waals surface area contributed by atoms with E-state index in [0.717, 1.165) is 30.1 Å². The first kappa shape index (κ1) is 18.3. The van der Waals surface area contributed by atoms with Crippen LogP contribution in [0.2, 0.25) is 0 Å². The quantitative estimate of drug-likeness (QED) is 0.449. The summed E-state index contributed by atoms with van der Waals surface area (Å²) in [5.74, 6) is 2.34. The maximum atomic E-state index is 5.73. The molecule has 0 atom stereocenters. The Kier molecular flexibility index (Phi) is 7.56. The van der Waals surface area contributed by atoms with E-state index in [1.807, 2.05) is 48.5 Å². The molecule has 0 heterocycles. The SMILES string of the molecule is CCCCCCOc1ccc(C(=S)Oc2ccc(OC)cc2)cc1. The van der Waals surface area contributed by atoms with Crippen molar-refractivity contribution in [2.24, 2.45) is 0 Å². The fourth-order valence-electron chi connectivity index (χ4n) is 2.22. The lowest BCUT2D eigenvalue weighted by molar-refractivity contribution is 0.305. The molecule has 0 aromatic heterocycles. The smallest absolute Gasteiger partial charge is 0.198 e. The largest absolute Gasteiger partial charge is 0.497 e. The molecule has 0 bridgehead atoms. The Labute approximate surface area is 149 Å². The Morgan fingerprint density at radius 2 is 1.46 bits per heavy atom. The van der Waals surface area contributed by atoms with Crippen molar-refractivity contribution < 1.29 is 14.2 Å². The summed E-state index contributed by atoms with van der Waals surface area (Å²) in [7, 11) is 1.63. The van der Waals surface area contributed by atoms with Gasteiger partial charge in [0.2, 0.25) is 0 Å². The zero-order valence-electron chi connectivity index (χ0n) is 14.3. The van der Waals surface area contributed by atoms with Gasteiger partial charge in [-0.1, -0.05) is 26.2 Å². The van der Waals surface area contributed by atoms with E-state index in [4.69, 9.17) is 26.4 Å². The molecule has 0 fully saturated rings. The highest BCUT2D eigenvalue weighted by atomic mass is 32.1. The van der Waals surface area contributed by atoms with Crippen molar-refractivity contribution in [1.29, 1.82) is 0 Å². The van der Waals surface area contributed by atoms with Crippen molar-refractivity contribution >= 4 is 17.3 Å². The van der Waals surface area contributed by atoms with Crippen LogP contribution in [-0.2, 0) is 0 Å². The molecule has 2 aromatic rings. The average Bonchev–Trinajstić information content (AvgIpc) is 2.62. The lowest BCUT2D eigenvalue weighted by atomic mass is 10.2. The van der Waals surface area contributed by atoms with Gasteiger partial charge in [-0.3, -0.25) is 0 Å². The van der Waals surface area contributed by atoms with Crippen LogP contribution in [0.4, 0.5) is 0 Å². The summed E-state index contributed by atoms with van der Waals surface area (Å²) in [6.07, 6.45) is 4.81. The van der Waals surface area contributed by atoms with Crippen molar-refractivity contribution in [3.05, 3.63) is 54.1 Å². The number of benzene rings is 2. The minimum absolute atomic E-state index is 0.440. The maximum Gasteiger partial charge on any atom is 0.198 e. The minimum atomic E-state index is 0.440. The fourth-order valence-corrected chi connectivity index (χ4v) is 2.45. The number of ether oxygens (including phenoxy) is 3. The first-order valence-corrected chi connectivity index (χ1v) is 8.73. The van der Waals surface area contributed by atoms with Crippen molar-refractivity contribution in [2.45, 2.75) is 32.6 Å². The predicted molar refractivity (Wildman–Crippen MR) is 101 cm³/mol. The summed E-state index contributed by atoms with van der Waals surface area (Å²) >= 11 is 5.35. The van der Waals surface area contributed by atoms with Crippen molar-refractivity contribution in [3.63, 3.8) is 0 Å². The number of unbranched alkanes of at least 4 members (excludes halogenated alkanes) is 3. The molecule has 4 heteroatoms. The molecule has 0 saturated carbocycles. The van der Waals surface area contributed by atoms with Gasteiger partial charge < -0.3 is 14.2 Å². The van der Waals surface area contributed by atoms with Crippen molar-refractivity contribution in [2.75, 3.05) is 13.7 Å². The molecule has 128 valence electrons. The van der Waals surface area contributed by atoms with E-state index in [1.165, 1.54) is 19.3 Å². The van der Waals surface area contributed by atoms with E-state index in [2.05, 4.69) is 6.92 Å². The second-order valence-corrected chi connectivity index (χ2v) is 5.87. The molecule has 0 unspecified atom stereocenters. The predicted octanol–water partition coefficient (Wildman–Crippen LogP) is 5.41. The van der Waals surface area contributed by atoms with E-state index in [0.29, 0.717) is 10.8 Å². The van der Waals surface area contributed by atoms with Crippen LogP contribution in [0, 0.1) is 0 Å². The molecule has 0 aliphatic heterocycles. The zero-order chi connectivity index (χ0) is 17.2. The summed E-state index contributed by atoms with van der Waals surface area (Å²) in [5.41, 5.74) is 0.860. The Balaban J connectivity index is 1.83. The molecule has 0 amide bonds. The van der Waals surface area contributed by atoms with E-state index in [-0.39, 0.29) is 0 Å². The average molecular weight is 344 g/mol. The van der Waals surface area contributed by atoms with Gasteiger partial charge in [0.1, 0.15) is 17.2 Å². The molecule has 24 heavy (non-hydrogen) atoms. The number of methoxy groups -OCH3 is 1. The fraction of sp³-hybridized carbons (Fsp3) is 0.350. The summed E-state index contributed by atoms with van der Waals surface area (Å²) in [6, 6.07) is 15.1. The van der Waals surface area contributed by atoms with Gasteiger partial charge in [-0.25, -0.2) is 0 Å². The lowest BCUT2D eigenvalue weighted by Gasteiger charge is -2.09. The molecule has 2 aromatic carbocycles. The highest BCUT2D eigenvalue weighted by Crippen LogP contribution is 2.20. The normalized spacial score (nSPS) is 10.2. The highest BCUT2D eigenvalue weighted by Gasteiger charge is 2.05. The van der Waals surface area contributed by atoms with Crippen LogP contribution in [0.1, 0.15) is 38.2 Å². The van der Waals surface area contributed by atoms with Crippen LogP contribution in [0.25, 0.3) is 0 Å². The Morgan fingerprint density at radius 3 is 2.08 bits per heavy atom. The first-order valence-electron chi connectivity index (χ1n) is 8.32. The molecule has 0 saturated heterocycles. The van der Waals surface area contributed by atoms with Crippen molar-refractivity contribution in [1.82, 2.24) is 0 Å². The van der Waals surface area contributed by atoms with Gasteiger partial charge in [0.15, 0.2) is 5.05 Å². The zero-order valence-corrected chi connectivity index (χ0v) is 15.1. The van der Waals surface area contributed by atoms with Crippen LogP contribution in [0.3, 0.4) is 0 Å². The van der Waals surface area contributed by atoms with Crippen LogP contribution in [0.5, 0.6) is 17.2 Å². The highest BCUT2D eigenvalue weighted by molar-refractivity contribution is 7.80. The van der Waals surface area contributed by atoms with E-state index < -0.39 is 0 Å². The third-order valence-electron chi connectivity index (χ3n) is 3.63. The second kappa shape index (κ2) is 9.93. The van der Waals surface area contributed by atoms with Crippen LogP contribution < -0.4 is 14.2 Å². The van der Waals surface area contributed by atoms with Gasteiger partial charge in [-0.05, 0) is 67.2 Å². The lowest BCUT2D eigenvalue weighted by Crippen LogP contribution is -2.07. The molecule has 0 spiro atoms. The van der Waals surface area contributed by atoms with Crippen LogP contribution >= 0.6 is 12.2 Å². The van der Waals surface area contributed by atoms with Crippen LogP contribution in [-0.4, -0.2) is 18.8 Å². The monoisotopic (exact) mass is 344 g/mol. The Bertz CT molecular complexity index is 620. The molecule has 0 aliphatic carbocycles. The minimum Gasteiger partial charge on any atom is -0.497 e. The third kappa shape index (κ3) is 5.85. The molecule has 2 rings (SSSR count). The Morgan fingerprint density at radius 1 is 0.833 bits per heavy atom. The Hall–Kier alpha value is -2.07. The van der Waals surface area contributed by atoms with Gasteiger partial charge in [0.05, 0.1) is 13.7 Å². The van der Waals surface area contributed by atoms with E-state index >= 15 is 0 Å². The third-order valence-corrected chi connectivity index (χ3v) is 3.95. The second-order valence-electron chi connectivity index (χ2n) is 5.50. The molecular weight excluding hydrogens is 320 g/mol. The summed E-state index contributed by atoms with van der Waals surface area (Å²) in [5, 5.41) is 0.440. The summed E-state index contributed by atoms with van der Waals surface area (Å²) < 4.78 is 16.6. The van der Waals surface area contributed by atoms with Gasteiger partial charge in [-0.15, -0.1) is 0 Å². The molecule has 0 N–H and O–H groups in total. The topological polar surface area (TPSA) is 27.7 Å². The van der Waals surface area contributed by atoms with E-state index in [1.54, 1.807) is 7.11 Å². The molecule has 3 nitrogen and oxygen atoms in total. The number of hydrogen-bond acceptors (Lipinski definition) is 4. The number of thiocarbonyl (C=S) groups is 1. The van der Waals surface area contributed by atoms with Gasteiger partial charge >= 0.3 is 0 Å². The van der Waals surface area contributed by atoms with Gasteiger partial charge in [0.25, 0.3) is 0 Å². The van der Waals surface area contributed by atoms with Crippen LogP contribution in [0.15, 0.2) is 48.5 Å². The van der Waals surface area contributed by atoms with Crippen molar-refractivity contribution in [3.8, 4) is 17.2 Å². The van der Waals surface area contributed by atoms with Gasteiger partial charge in [-0.2, -0.15) is 0 Å². The number of rotatable bonds is 9. The molecule has 0 aliphatic rings. The standard InChI is InChI=1S/C20H24O3S/c1-3-4-5-6-15-22-18-9-7-16(8-10-18)20(24)23-19-13-11-17(21-2)12-14-19/h7-14H,3-6,15H2,1-2H3. The maximum absolute atomic E-state index is 5.73. The first-order chi connectivity index (χ1) is 11.7.